The van der Waals surface area contributed by atoms with Gasteiger partial charge in [0, 0.05) is 18.3 Å². The maximum Gasteiger partial charge on any atom is 0.310 e. The molecule has 4 nitrogen and oxygen atoms in total. The van der Waals surface area contributed by atoms with E-state index in [1.165, 1.54) is 42.3 Å². The number of esters is 1. The van der Waals surface area contributed by atoms with Crippen molar-refractivity contribution in [3.05, 3.63) is 66.4 Å². The summed E-state index contributed by atoms with van der Waals surface area (Å²) in [6.07, 6.45) is 9.52. The second kappa shape index (κ2) is 11.1. The van der Waals surface area contributed by atoms with E-state index in [1.54, 1.807) is 0 Å². The number of unbranched alkanes of at least 4 members (excludes halogenated alkanes) is 5. The fraction of sp³-hybridized carbons (Fsp3) is 0.444. The van der Waals surface area contributed by atoms with Gasteiger partial charge in [0.15, 0.2) is 0 Å². The van der Waals surface area contributed by atoms with Gasteiger partial charge in [0.1, 0.15) is 5.69 Å². The largest absolute Gasteiger partial charge is 0.465 e. The molecule has 1 aromatic heterocycles. The third kappa shape index (κ3) is 7.25. The Morgan fingerprint density at radius 3 is 2.26 bits per heavy atom. The molecule has 1 heterocycles. The van der Waals surface area contributed by atoms with Gasteiger partial charge in [-0.15, -0.1) is 0 Å². The Morgan fingerprint density at radius 2 is 1.52 bits per heavy atom. The van der Waals surface area contributed by atoms with E-state index in [2.05, 4.69) is 74.4 Å². The van der Waals surface area contributed by atoms with E-state index >= 15 is 0 Å². The van der Waals surface area contributed by atoms with E-state index in [-0.39, 0.29) is 5.97 Å². The van der Waals surface area contributed by atoms with Crippen molar-refractivity contribution in [1.29, 1.82) is 0 Å². The first-order chi connectivity index (χ1) is 14.9. The molecule has 4 heteroatoms. The second-order valence-electron chi connectivity index (χ2n) is 9.27. The minimum atomic E-state index is -0.128. The molecular weight excluding hydrogens is 384 g/mol. The number of quaternary nitrogens is 1. The Balaban J connectivity index is 1.22. The number of aryl methyl sites for hydroxylation is 1. The van der Waals surface area contributed by atoms with Gasteiger partial charge < -0.3 is 9.30 Å². The zero-order valence-corrected chi connectivity index (χ0v) is 19.3. The topological polar surface area (TPSA) is 31.2 Å². The number of benzene rings is 2. The first-order valence-corrected chi connectivity index (χ1v) is 11.5. The fourth-order valence-electron chi connectivity index (χ4n) is 3.89. The Kier molecular flexibility index (Phi) is 8.30. The lowest BCUT2D eigenvalue weighted by atomic mass is 10.1. The zero-order valence-electron chi connectivity index (χ0n) is 19.3. The summed E-state index contributed by atoms with van der Waals surface area (Å²) in [6.45, 7) is 1.62. The molecular formula is C27H37N2O2+. The highest BCUT2D eigenvalue weighted by Gasteiger charge is 2.12. The Bertz CT molecular complexity index is 951. The molecule has 0 radical (unpaired) electrons. The smallest absolute Gasteiger partial charge is 0.310 e. The number of ether oxygens (including phenoxy) is 1. The summed E-state index contributed by atoms with van der Waals surface area (Å²) in [7, 11) is 6.40. The number of para-hydroxylation sites is 1. The van der Waals surface area contributed by atoms with Crippen molar-refractivity contribution in [3.63, 3.8) is 0 Å². The van der Waals surface area contributed by atoms with E-state index in [0.29, 0.717) is 13.0 Å². The molecule has 0 fully saturated rings. The molecule has 0 bridgehead atoms. The van der Waals surface area contributed by atoms with Crippen LogP contribution in [-0.2, 0) is 22.5 Å². The van der Waals surface area contributed by atoms with Crippen molar-refractivity contribution in [1.82, 2.24) is 9.05 Å². The standard InChI is InChI=1S/C27H37N2O2/c1-29(2,3)25-16-14-23(15-17-25)22-27(30)31-21-11-7-5-4-6-10-19-28-20-18-24-12-8-9-13-26(24)28/h8-9,12-18,20H,4-7,10-11,19,21-22H2,1-3H3/q+1. The molecule has 3 rings (SSSR count). The minimum Gasteiger partial charge on any atom is -0.465 e. The normalized spacial score (nSPS) is 11.7. The van der Waals surface area contributed by atoms with E-state index in [4.69, 9.17) is 4.74 Å². The van der Waals surface area contributed by atoms with Crippen LogP contribution in [0.15, 0.2) is 60.8 Å². The van der Waals surface area contributed by atoms with Crippen LogP contribution in [0.25, 0.3) is 10.9 Å². The van der Waals surface area contributed by atoms with Crippen LogP contribution in [0.3, 0.4) is 0 Å². The van der Waals surface area contributed by atoms with Gasteiger partial charge in [0.05, 0.1) is 34.2 Å². The fourth-order valence-corrected chi connectivity index (χ4v) is 3.89. The van der Waals surface area contributed by atoms with Crippen LogP contribution >= 0.6 is 0 Å². The number of nitrogens with zero attached hydrogens (tertiary/aromatic N) is 2. The van der Waals surface area contributed by atoms with Crippen molar-refractivity contribution >= 4 is 22.6 Å². The van der Waals surface area contributed by atoms with Crippen molar-refractivity contribution in [2.75, 3.05) is 27.7 Å². The maximum absolute atomic E-state index is 12.0. The quantitative estimate of drug-likeness (QED) is 0.205. The van der Waals surface area contributed by atoms with Crippen LogP contribution in [0.2, 0.25) is 0 Å². The Morgan fingerprint density at radius 1 is 0.839 bits per heavy atom. The molecule has 0 aliphatic rings. The average molecular weight is 422 g/mol. The molecule has 3 aromatic rings. The monoisotopic (exact) mass is 421 g/mol. The number of hydrogen-bond donors (Lipinski definition) is 0. The van der Waals surface area contributed by atoms with Gasteiger partial charge in [0.25, 0.3) is 0 Å². The highest BCUT2D eigenvalue weighted by molar-refractivity contribution is 5.79. The van der Waals surface area contributed by atoms with E-state index in [0.717, 1.165) is 29.4 Å². The van der Waals surface area contributed by atoms with Gasteiger partial charge in [-0.1, -0.05) is 56.0 Å². The summed E-state index contributed by atoms with van der Waals surface area (Å²) in [5.74, 6) is -0.128. The van der Waals surface area contributed by atoms with Crippen molar-refractivity contribution in [3.8, 4) is 0 Å². The molecule has 166 valence electrons. The van der Waals surface area contributed by atoms with Gasteiger partial charge in [-0.05, 0) is 48.1 Å². The number of rotatable bonds is 12. The third-order valence-electron chi connectivity index (χ3n) is 5.80. The lowest BCUT2D eigenvalue weighted by Gasteiger charge is -2.23. The van der Waals surface area contributed by atoms with E-state index < -0.39 is 0 Å². The lowest BCUT2D eigenvalue weighted by Crippen LogP contribution is -2.34. The van der Waals surface area contributed by atoms with Gasteiger partial charge in [-0.2, -0.15) is 0 Å². The summed E-state index contributed by atoms with van der Waals surface area (Å²) in [6, 6.07) is 19.0. The van der Waals surface area contributed by atoms with E-state index in [9.17, 15) is 4.79 Å². The van der Waals surface area contributed by atoms with E-state index in [1.807, 2.05) is 12.1 Å². The van der Waals surface area contributed by atoms with Crippen molar-refractivity contribution in [2.45, 2.75) is 51.5 Å². The third-order valence-corrected chi connectivity index (χ3v) is 5.80. The molecule has 0 N–H and O–H groups in total. The number of carbonyl (C=O) groups excluding carboxylic acids is 1. The molecule has 0 saturated heterocycles. The Labute approximate surface area is 187 Å². The first-order valence-electron chi connectivity index (χ1n) is 11.5. The highest BCUT2D eigenvalue weighted by atomic mass is 16.5. The lowest BCUT2D eigenvalue weighted by molar-refractivity contribution is -0.142. The summed E-state index contributed by atoms with van der Waals surface area (Å²) in [4.78, 5) is 12.0. The molecule has 0 amide bonds. The van der Waals surface area contributed by atoms with Gasteiger partial charge in [-0.25, -0.2) is 0 Å². The molecule has 0 unspecified atom stereocenters. The summed E-state index contributed by atoms with van der Waals surface area (Å²) in [5, 5.41) is 1.32. The Hall–Kier alpha value is -2.59. The predicted molar refractivity (Wildman–Crippen MR) is 130 cm³/mol. The highest BCUT2D eigenvalue weighted by Crippen LogP contribution is 2.18. The molecule has 0 aliphatic heterocycles. The van der Waals surface area contributed by atoms with Crippen LogP contribution in [0, 0.1) is 0 Å². The maximum atomic E-state index is 12.0. The number of aromatic nitrogens is 1. The summed E-state index contributed by atoms with van der Waals surface area (Å²) in [5.41, 5.74) is 3.56. The minimum absolute atomic E-state index is 0.128. The average Bonchev–Trinajstić information content (AvgIpc) is 3.15. The molecule has 0 spiro atoms. The second-order valence-corrected chi connectivity index (χ2v) is 9.27. The van der Waals surface area contributed by atoms with Gasteiger partial charge in [0.2, 0.25) is 0 Å². The molecule has 0 aliphatic carbocycles. The van der Waals surface area contributed by atoms with Crippen LogP contribution in [0.5, 0.6) is 0 Å². The SMILES string of the molecule is C[N+](C)(C)c1ccc(CC(=O)OCCCCCCCCn2ccc3ccccc32)cc1. The molecule has 31 heavy (non-hydrogen) atoms. The number of carbonyl (C=O) groups is 1. The van der Waals surface area contributed by atoms with Crippen LogP contribution in [0.1, 0.15) is 44.1 Å². The van der Waals surface area contributed by atoms with Gasteiger partial charge >= 0.3 is 5.97 Å². The van der Waals surface area contributed by atoms with Crippen molar-refractivity contribution in [2.24, 2.45) is 0 Å². The predicted octanol–water partition coefficient (Wildman–Crippen LogP) is 5.96. The molecule has 0 atom stereocenters. The number of hydrogen-bond acceptors (Lipinski definition) is 2. The number of fused-ring (bicyclic) bond motifs is 1. The summed E-state index contributed by atoms with van der Waals surface area (Å²) < 4.78 is 8.54. The summed E-state index contributed by atoms with van der Waals surface area (Å²) >= 11 is 0. The first kappa shape index (κ1) is 23.1. The van der Waals surface area contributed by atoms with Gasteiger partial charge in [-0.3, -0.25) is 9.28 Å². The zero-order chi connectivity index (χ0) is 22.1. The van der Waals surface area contributed by atoms with Crippen LogP contribution in [-0.4, -0.2) is 38.3 Å². The van der Waals surface area contributed by atoms with Crippen LogP contribution in [0.4, 0.5) is 5.69 Å². The van der Waals surface area contributed by atoms with Crippen molar-refractivity contribution < 1.29 is 9.53 Å². The molecule has 0 saturated carbocycles. The molecule has 2 aromatic carbocycles. The van der Waals surface area contributed by atoms with Crippen LogP contribution < -0.4 is 4.48 Å².